The molecular formula is C12H19ClN2S2. The lowest BCUT2D eigenvalue weighted by Gasteiger charge is -2.19. The highest BCUT2D eigenvalue weighted by molar-refractivity contribution is 7.98. The molecule has 0 saturated carbocycles. The fourth-order valence-corrected chi connectivity index (χ4v) is 2.04. The Bertz CT molecular complexity index is 358. The Labute approximate surface area is 119 Å². The van der Waals surface area contributed by atoms with Crippen LogP contribution in [0.4, 0.5) is 0 Å². The number of thiocarbonyl (C=S) groups is 1. The minimum Gasteiger partial charge on any atom is -0.376 e. The van der Waals surface area contributed by atoms with E-state index >= 15 is 0 Å². The summed E-state index contributed by atoms with van der Waals surface area (Å²) in [6.45, 7) is 6.64. The molecule has 0 unspecified atom stereocenters. The Morgan fingerprint density at radius 1 is 1.29 bits per heavy atom. The van der Waals surface area contributed by atoms with Gasteiger partial charge in [0.1, 0.15) is 0 Å². The van der Waals surface area contributed by atoms with Gasteiger partial charge in [-0.05, 0) is 40.7 Å². The zero-order valence-corrected chi connectivity index (χ0v) is 12.8. The van der Waals surface area contributed by atoms with Gasteiger partial charge in [-0.15, -0.1) is 12.4 Å². The van der Waals surface area contributed by atoms with E-state index in [1.165, 1.54) is 23.1 Å². The zero-order chi connectivity index (χ0) is 12.2. The van der Waals surface area contributed by atoms with E-state index in [-0.39, 0.29) is 17.8 Å². The van der Waals surface area contributed by atoms with Gasteiger partial charge in [0.05, 0.1) is 0 Å². The van der Waals surface area contributed by atoms with Gasteiger partial charge < -0.3 is 10.5 Å². The molecule has 0 heterocycles. The summed E-state index contributed by atoms with van der Waals surface area (Å²) in [6, 6.07) is 8.65. The Kier molecular flexibility index (Phi) is 6.90. The number of nitrogens with one attached hydrogen (secondary N) is 1. The first-order valence-electron chi connectivity index (χ1n) is 5.16. The molecular weight excluding hydrogens is 272 g/mol. The van der Waals surface area contributed by atoms with Gasteiger partial charge in [-0.1, -0.05) is 45.0 Å². The first-order chi connectivity index (χ1) is 7.39. The quantitative estimate of drug-likeness (QED) is 0.661. The minimum absolute atomic E-state index is 0. The van der Waals surface area contributed by atoms with Gasteiger partial charge in [0.15, 0.2) is 5.11 Å². The van der Waals surface area contributed by atoms with E-state index in [0.29, 0.717) is 5.11 Å². The number of rotatable bonds is 3. The molecule has 0 atom stereocenters. The molecule has 0 saturated heterocycles. The van der Waals surface area contributed by atoms with Crippen LogP contribution in [0.25, 0.3) is 0 Å². The molecule has 0 radical (unpaired) electrons. The lowest BCUT2D eigenvalue weighted by atomic mass is 9.87. The summed E-state index contributed by atoms with van der Waals surface area (Å²) in [4.78, 5) is 0. The van der Waals surface area contributed by atoms with Gasteiger partial charge in [0.25, 0.3) is 0 Å². The third-order valence-electron chi connectivity index (χ3n) is 2.23. The highest BCUT2D eigenvalue weighted by atomic mass is 35.5. The van der Waals surface area contributed by atoms with Crippen molar-refractivity contribution in [2.75, 3.05) is 0 Å². The van der Waals surface area contributed by atoms with Crippen molar-refractivity contribution in [2.24, 2.45) is 5.73 Å². The predicted molar refractivity (Wildman–Crippen MR) is 83.6 cm³/mol. The molecule has 1 aromatic carbocycles. The van der Waals surface area contributed by atoms with Crippen LogP contribution in [0, 0.1) is 0 Å². The van der Waals surface area contributed by atoms with Crippen molar-refractivity contribution in [1.82, 2.24) is 4.72 Å². The van der Waals surface area contributed by atoms with Crippen LogP contribution < -0.4 is 10.5 Å². The van der Waals surface area contributed by atoms with Crippen molar-refractivity contribution in [2.45, 2.75) is 31.9 Å². The van der Waals surface area contributed by atoms with Crippen LogP contribution in [0.2, 0.25) is 0 Å². The summed E-state index contributed by atoms with van der Waals surface area (Å²) < 4.78 is 2.86. The van der Waals surface area contributed by atoms with E-state index in [9.17, 15) is 0 Å². The summed E-state index contributed by atoms with van der Waals surface area (Å²) in [7, 11) is 0. The average Bonchev–Trinajstić information content (AvgIpc) is 2.16. The number of benzene rings is 1. The molecule has 96 valence electrons. The van der Waals surface area contributed by atoms with Crippen LogP contribution in [-0.4, -0.2) is 5.11 Å². The summed E-state index contributed by atoms with van der Waals surface area (Å²) in [5.41, 5.74) is 8.16. The monoisotopic (exact) mass is 290 g/mol. The second-order valence-electron chi connectivity index (χ2n) is 4.70. The van der Waals surface area contributed by atoms with Gasteiger partial charge in [0.2, 0.25) is 0 Å². The molecule has 0 bridgehead atoms. The molecule has 0 amide bonds. The highest BCUT2D eigenvalue weighted by Gasteiger charge is 2.12. The third kappa shape index (κ3) is 6.15. The molecule has 0 fully saturated rings. The molecule has 0 aromatic heterocycles. The lowest BCUT2D eigenvalue weighted by molar-refractivity contribution is 0.590. The Morgan fingerprint density at radius 2 is 1.82 bits per heavy atom. The fraction of sp³-hybridized carbons (Fsp3) is 0.417. The van der Waals surface area contributed by atoms with Gasteiger partial charge >= 0.3 is 0 Å². The molecule has 0 aliphatic carbocycles. The second kappa shape index (κ2) is 7.09. The van der Waals surface area contributed by atoms with E-state index in [1.54, 1.807) is 0 Å². The highest BCUT2D eigenvalue weighted by Crippen LogP contribution is 2.22. The molecule has 1 aromatic rings. The molecule has 0 spiro atoms. The van der Waals surface area contributed by atoms with Crippen LogP contribution in [0.1, 0.15) is 31.9 Å². The smallest absolute Gasteiger partial charge is 0.173 e. The molecule has 3 N–H and O–H groups in total. The summed E-state index contributed by atoms with van der Waals surface area (Å²) in [6.07, 6.45) is 0. The molecule has 17 heavy (non-hydrogen) atoms. The number of halogens is 1. The van der Waals surface area contributed by atoms with Gasteiger partial charge in [-0.2, -0.15) is 0 Å². The lowest BCUT2D eigenvalue weighted by Crippen LogP contribution is -2.22. The van der Waals surface area contributed by atoms with E-state index < -0.39 is 0 Å². The largest absolute Gasteiger partial charge is 0.376 e. The zero-order valence-electron chi connectivity index (χ0n) is 10.3. The van der Waals surface area contributed by atoms with Crippen molar-refractivity contribution in [3.8, 4) is 0 Å². The molecule has 2 nitrogen and oxygen atoms in total. The van der Waals surface area contributed by atoms with Crippen molar-refractivity contribution in [3.05, 3.63) is 35.4 Å². The summed E-state index contributed by atoms with van der Waals surface area (Å²) >= 11 is 6.24. The second-order valence-corrected chi connectivity index (χ2v) is 5.92. The van der Waals surface area contributed by atoms with Crippen LogP contribution in [0.5, 0.6) is 0 Å². The van der Waals surface area contributed by atoms with Crippen LogP contribution in [-0.2, 0) is 11.2 Å². The first kappa shape index (κ1) is 16.6. The predicted octanol–water partition coefficient (Wildman–Crippen LogP) is 3.39. The maximum atomic E-state index is 5.34. The first-order valence-corrected chi connectivity index (χ1v) is 6.55. The van der Waals surface area contributed by atoms with Crippen LogP contribution in [0.15, 0.2) is 24.3 Å². The third-order valence-corrected chi connectivity index (χ3v) is 3.30. The normalized spacial score (nSPS) is 10.5. The Hall–Kier alpha value is -0.450. The topological polar surface area (TPSA) is 38.0 Å². The van der Waals surface area contributed by atoms with E-state index in [1.807, 2.05) is 0 Å². The van der Waals surface area contributed by atoms with Crippen molar-refractivity contribution in [3.63, 3.8) is 0 Å². The molecule has 1 rings (SSSR count). The number of hydrogen-bond acceptors (Lipinski definition) is 2. The van der Waals surface area contributed by atoms with Crippen LogP contribution in [0.3, 0.4) is 0 Å². The van der Waals surface area contributed by atoms with Crippen molar-refractivity contribution in [1.29, 1.82) is 0 Å². The fourth-order valence-electron chi connectivity index (χ4n) is 1.29. The molecule has 0 aliphatic heterocycles. The summed E-state index contributed by atoms with van der Waals surface area (Å²) in [5.74, 6) is 0.863. The van der Waals surface area contributed by atoms with E-state index in [2.05, 4.69) is 49.8 Å². The van der Waals surface area contributed by atoms with E-state index in [4.69, 9.17) is 18.0 Å². The van der Waals surface area contributed by atoms with Gasteiger partial charge in [-0.3, -0.25) is 0 Å². The minimum atomic E-state index is 0. The van der Waals surface area contributed by atoms with Crippen molar-refractivity contribution >= 4 is 41.7 Å². The van der Waals surface area contributed by atoms with Crippen LogP contribution >= 0.6 is 36.6 Å². The molecule has 5 heteroatoms. The standard InChI is InChI=1S/C12H18N2S2.ClH/c1-12(2,3)10-6-4-9(5-7-10)8-16-14-11(13)15;/h4-7H,8H2,1-3H3,(H3,13,14,15);1H. The SMILES string of the molecule is CC(C)(C)c1ccc(CSNC(N)=S)cc1.Cl. The Balaban J connectivity index is 0.00000256. The van der Waals surface area contributed by atoms with Gasteiger partial charge in [-0.25, -0.2) is 0 Å². The average molecular weight is 291 g/mol. The Morgan fingerprint density at radius 3 is 2.24 bits per heavy atom. The maximum Gasteiger partial charge on any atom is 0.173 e. The molecule has 0 aliphatic rings. The van der Waals surface area contributed by atoms with Gasteiger partial charge in [0, 0.05) is 5.75 Å². The van der Waals surface area contributed by atoms with Crippen molar-refractivity contribution < 1.29 is 0 Å². The summed E-state index contributed by atoms with van der Waals surface area (Å²) in [5, 5.41) is 0.330. The number of hydrogen-bond donors (Lipinski definition) is 2. The maximum absolute atomic E-state index is 5.34. The van der Waals surface area contributed by atoms with E-state index in [0.717, 1.165) is 5.75 Å². The number of nitrogens with two attached hydrogens (primary N) is 1.